The molecule has 2 N–H and O–H groups in total. The molecule has 0 aliphatic rings. The van der Waals surface area contributed by atoms with Gasteiger partial charge in [-0.2, -0.15) is 5.10 Å². The first-order chi connectivity index (χ1) is 13.5. The molecule has 1 aromatic carbocycles. The summed E-state index contributed by atoms with van der Waals surface area (Å²) in [4.78, 5) is 4.22. The minimum Gasteiger partial charge on any atom is -0.482 e. The van der Waals surface area contributed by atoms with Crippen molar-refractivity contribution >= 4 is 17.4 Å². The number of halogens is 2. The average molecular weight is 405 g/mol. The number of nitrogens with two attached hydrogens (primary N) is 1. The van der Waals surface area contributed by atoms with Gasteiger partial charge in [0.05, 0.1) is 6.20 Å². The standard InChI is InChI=1S/C20H22ClFN4O2/c1-13(17-9-16(22)4-5-18(17)21)28-19-8-14(10-24-20(19)23)15-11-25-26(12-15)6-3-7-27-2/h4-5,8-13H,3,6-7H2,1-2H3,(H2,23,24). The maximum absolute atomic E-state index is 13.6. The average Bonchev–Trinajstić information content (AvgIpc) is 3.14. The fourth-order valence-corrected chi connectivity index (χ4v) is 3.06. The van der Waals surface area contributed by atoms with Gasteiger partial charge in [0.2, 0.25) is 0 Å². The summed E-state index contributed by atoms with van der Waals surface area (Å²) >= 11 is 6.17. The number of nitrogen functional groups attached to an aromatic ring is 1. The summed E-state index contributed by atoms with van der Waals surface area (Å²) in [5.41, 5.74) is 8.22. The van der Waals surface area contributed by atoms with Gasteiger partial charge in [-0.15, -0.1) is 0 Å². The van der Waals surface area contributed by atoms with E-state index in [2.05, 4.69) is 10.1 Å². The molecule has 6 nitrogen and oxygen atoms in total. The zero-order chi connectivity index (χ0) is 20.1. The van der Waals surface area contributed by atoms with E-state index < -0.39 is 6.10 Å². The minimum atomic E-state index is -0.501. The Bertz CT molecular complexity index is 948. The largest absolute Gasteiger partial charge is 0.482 e. The van der Waals surface area contributed by atoms with Gasteiger partial charge in [-0.1, -0.05) is 11.6 Å². The van der Waals surface area contributed by atoms with Crippen LogP contribution in [0.5, 0.6) is 5.75 Å². The molecule has 1 unspecified atom stereocenters. The van der Waals surface area contributed by atoms with Crippen molar-refractivity contribution in [2.45, 2.75) is 26.0 Å². The van der Waals surface area contributed by atoms with E-state index in [-0.39, 0.29) is 11.6 Å². The number of rotatable bonds is 8. The molecular formula is C20H22ClFN4O2. The Hall–Kier alpha value is -2.64. The van der Waals surface area contributed by atoms with Crippen LogP contribution in [-0.2, 0) is 11.3 Å². The number of anilines is 1. The number of aryl methyl sites for hydroxylation is 1. The molecule has 2 heterocycles. The van der Waals surface area contributed by atoms with E-state index in [1.807, 2.05) is 10.9 Å². The number of pyridine rings is 1. The number of hydrogen-bond donors (Lipinski definition) is 1. The summed E-state index contributed by atoms with van der Waals surface area (Å²) in [5.74, 6) is 0.267. The number of aromatic nitrogens is 3. The zero-order valence-corrected chi connectivity index (χ0v) is 16.5. The van der Waals surface area contributed by atoms with Crippen molar-refractivity contribution in [2.24, 2.45) is 0 Å². The molecule has 0 saturated carbocycles. The SMILES string of the molecule is COCCCn1cc(-c2cnc(N)c(OC(C)c3cc(F)ccc3Cl)c2)cn1. The number of benzene rings is 1. The zero-order valence-electron chi connectivity index (χ0n) is 15.7. The Morgan fingerprint density at radius 1 is 1.25 bits per heavy atom. The monoisotopic (exact) mass is 404 g/mol. The smallest absolute Gasteiger partial charge is 0.166 e. The quantitative estimate of drug-likeness (QED) is 0.559. The van der Waals surface area contributed by atoms with Gasteiger partial charge >= 0.3 is 0 Å². The van der Waals surface area contributed by atoms with Crippen LogP contribution in [0.2, 0.25) is 5.02 Å². The molecule has 0 saturated heterocycles. The molecule has 0 spiro atoms. The first-order valence-corrected chi connectivity index (χ1v) is 9.24. The summed E-state index contributed by atoms with van der Waals surface area (Å²) in [6.45, 7) is 3.21. The normalized spacial score (nSPS) is 12.1. The van der Waals surface area contributed by atoms with E-state index in [4.69, 9.17) is 26.8 Å². The lowest BCUT2D eigenvalue weighted by Crippen LogP contribution is -2.07. The Labute approximate surface area is 168 Å². The molecule has 8 heteroatoms. The fourth-order valence-electron chi connectivity index (χ4n) is 2.79. The summed E-state index contributed by atoms with van der Waals surface area (Å²) in [6, 6.07) is 5.95. The van der Waals surface area contributed by atoms with Crippen molar-refractivity contribution in [3.63, 3.8) is 0 Å². The van der Waals surface area contributed by atoms with E-state index in [0.717, 1.165) is 24.1 Å². The van der Waals surface area contributed by atoms with Gasteiger partial charge in [0.1, 0.15) is 11.9 Å². The number of hydrogen-bond acceptors (Lipinski definition) is 5. The second kappa shape index (κ2) is 9.03. The second-order valence-corrected chi connectivity index (χ2v) is 6.78. The molecule has 148 valence electrons. The van der Waals surface area contributed by atoms with Gasteiger partial charge in [0.15, 0.2) is 11.6 Å². The van der Waals surface area contributed by atoms with Crippen molar-refractivity contribution in [1.29, 1.82) is 0 Å². The number of methoxy groups -OCH3 is 1. The first-order valence-electron chi connectivity index (χ1n) is 8.87. The van der Waals surface area contributed by atoms with Crippen LogP contribution in [0.15, 0.2) is 42.9 Å². The predicted molar refractivity (Wildman–Crippen MR) is 107 cm³/mol. The van der Waals surface area contributed by atoms with E-state index in [9.17, 15) is 4.39 Å². The summed E-state index contributed by atoms with van der Waals surface area (Å²) in [7, 11) is 1.67. The summed E-state index contributed by atoms with van der Waals surface area (Å²) < 4.78 is 26.4. The lowest BCUT2D eigenvalue weighted by Gasteiger charge is -2.18. The summed E-state index contributed by atoms with van der Waals surface area (Å²) in [6.07, 6.45) is 5.73. The fraction of sp³-hybridized carbons (Fsp3) is 0.300. The Kier molecular flexibility index (Phi) is 6.49. The van der Waals surface area contributed by atoms with Gasteiger partial charge in [-0.05, 0) is 37.6 Å². The maximum Gasteiger partial charge on any atom is 0.166 e. The van der Waals surface area contributed by atoms with E-state index in [1.165, 1.54) is 18.2 Å². The molecule has 0 aliphatic heterocycles. The minimum absolute atomic E-state index is 0.246. The molecular weight excluding hydrogens is 383 g/mol. The van der Waals surface area contributed by atoms with Gasteiger partial charge in [-0.3, -0.25) is 4.68 Å². The maximum atomic E-state index is 13.6. The summed E-state index contributed by atoms with van der Waals surface area (Å²) in [5, 5.41) is 4.77. The molecule has 3 aromatic rings. The van der Waals surface area contributed by atoms with Crippen LogP contribution in [0.3, 0.4) is 0 Å². The van der Waals surface area contributed by atoms with Crippen LogP contribution in [0.4, 0.5) is 10.2 Å². The molecule has 2 aromatic heterocycles. The van der Waals surface area contributed by atoms with Crippen molar-refractivity contribution in [1.82, 2.24) is 14.8 Å². The Morgan fingerprint density at radius 3 is 2.86 bits per heavy atom. The molecule has 28 heavy (non-hydrogen) atoms. The third kappa shape index (κ3) is 4.79. The van der Waals surface area contributed by atoms with E-state index in [1.54, 1.807) is 32.5 Å². The molecule has 0 bridgehead atoms. The highest BCUT2D eigenvalue weighted by atomic mass is 35.5. The number of ether oxygens (including phenoxy) is 2. The molecule has 1 atom stereocenters. The third-order valence-corrected chi connectivity index (χ3v) is 4.63. The number of nitrogens with zero attached hydrogens (tertiary/aromatic N) is 3. The highest BCUT2D eigenvalue weighted by molar-refractivity contribution is 6.31. The van der Waals surface area contributed by atoms with Crippen molar-refractivity contribution in [2.75, 3.05) is 19.5 Å². The van der Waals surface area contributed by atoms with Crippen LogP contribution in [0.1, 0.15) is 25.0 Å². The Balaban J connectivity index is 1.79. The van der Waals surface area contributed by atoms with Crippen LogP contribution < -0.4 is 10.5 Å². The van der Waals surface area contributed by atoms with Gasteiger partial charge < -0.3 is 15.2 Å². The van der Waals surface area contributed by atoms with Crippen molar-refractivity contribution in [3.8, 4) is 16.9 Å². The van der Waals surface area contributed by atoms with Crippen LogP contribution >= 0.6 is 11.6 Å². The lowest BCUT2D eigenvalue weighted by atomic mass is 10.1. The highest BCUT2D eigenvalue weighted by Crippen LogP contribution is 2.32. The van der Waals surface area contributed by atoms with Crippen LogP contribution in [-0.4, -0.2) is 28.5 Å². The van der Waals surface area contributed by atoms with E-state index in [0.29, 0.717) is 22.9 Å². The van der Waals surface area contributed by atoms with Crippen molar-refractivity contribution in [3.05, 3.63) is 59.3 Å². The lowest BCUT2D eigenvalue weighted by molar-refractivity contribution is 0.189. The van der Waals surface area contributed by atoms with Gasteiger partial charge in [-0.25, -0.2) is 9.37 Å². The molecule has 3 rings (SSSR count). The molecule has 0 fully saturated rings. The first kappa shape index (κ1) is 20.1. The molecule has 0 radical (unpaired) electrons. The van der Waals surface area contributed by atoms with Gasteiger partial charge in [0.25, 0.3) is 0 Å². The van der Waals surface area contributed by atoms with Crippen LogP contribution in [0, 0.1) is 5.82 Å². The predicted octanol–water partition coefficient (Wildman–Crippen LogP) is 4.50. The van der Waals surface area contributed by atoms with Crippen LogP contribution in [0.25, 0.3) is 11.1 Å². The third-order valence-electron chi connectivity index (χ3n) is 4.28. The Morgan fingerprint density at radius 2 is 2.07 bits per heavy atom. The molecule has 0 amide bonds. The van der Waals surface area contributed by atoms with Gasteiger partial charge in [0, 0.05) is 54.4 Å². The topological polar surface area (TPSA) is 75.2 Å². The van der Waals surface area contributed by atoms with Crippen molar-refractivity contribution < 1.29 is 13.9 Å². The highest BCUT2D eigenvalue weighted by Gasteiger charge is 2.15. The second-order valence-electron chi connectivity index (χ2n) is 6.37. The molecule has 0 aliphatic carbocycles. The van der Waals surface area contributed by atoms with E-state index >= 15 is 0 Å².